The number of aryl methyl sites for hydroxylation is 1. The summed E-state index contributed by atoms with van der Waals surface area (Å²) in [5.41, 5.74) is 9.05. The van der Waals surface area contributed by atoms with Crippen molar-refractivity contribution < 1.29 is 14.6 Å². The summed E-state index contributed by atoms with van der Waals surface area (Å²) in [5, 5.41) is 9.03. The molecule has 0 aliphatic heterocycles. The van der Waals surface area contributed by atoms with Gasteiger partial charge in [0.2, 0.25) is 0 Å². The number of fused-ring (bicyclic) bond motifs is 1. The minimum absolute atomic E-state index is 0.0667. The number of hydrogen-bond donors (Lipinski definition) is 2. The number of ether oxygens (including phenoxy) is 1. The predicted octanol–water partition coefficient (Wildman–Crippen LogP) is 1.86. The molecule has 1 aromatic carbocycles. The van der Waals surface area contributed by atoms with Crippen LogP contribution < -0.4 is 5.73 Å². The summed E-state index contributed by atoms with van der Waals surface area (Å²) < 4.78 is 7.21. The highest BCUT2D eigenvalue weighted by atomic mass is 79.9. The van der Waals surface area contributed by atoms with E-state index in [0.29, 0.717) is 46.9 Å². The number of anilines is 1. The Bertz CT molecular complexity index is 973. The summed E-state index contributed by atoms with van der Waals surface area (Å²) in [6.45, 7) is 0.569. The lowest BCUT2D eigenvalue weighted by Gasteiger charge is -2.09. The predicted molar refractivity (Wildman–Crippen MR) is 104 cm³/mol. The van der Waals surface area contributed by atoms with E-state index < -0.39 is 0 Å². The van der Waals surface area contributed by atoms with E-state index in [1.807, 2.05) is 28.8 Å². The first kappa shape index (κ1) is 19.2. The molecule has 3 rings (SSSR count). The second-order valence-electron chi connectivity index (χ2n) is 6.06. The van der Waals surface area contributed by atoms with Gasteiger partial charge in [-0.15, -0.1) is 0 Å². The summed E-state index contributed by atoms with van der Waals surface area (Å²) >= 11 is 3.46. The molecule has 3 aromatic rings. The Kier molecular flexibility index (Phi) is 6.02. The molecule has 8 nitrogen and oxygen atoms in total. The maximum Gasteiger partial charge on any atom is 0.309 e. The maximum absolute atomic E-state index is 11.5. The van der Waals surface area contributed by atoms with E-state index >= 15 is 0 Å². The SMILES string of the molecule is COC(=O)Cc1cccc(Cn2c(Br)nc3c(N)nc(CCCO)nc32)c1. The van der Waals surface area contributed by atoms with Crippen LogP contribution in [0, 0.1) is 0 Å². The van der Waals surface area contributed by atoms with Gasteiger partial charge in [0.1, 0.15) is 5.82 Å². The molecule has 0 saturated heterocycles. The van der Waals surface area contributed by atoms with Crippen molar-refractivity contribution in [1.82, 2.24) is 19.5 Å². The highest BCUT2D eigenvalue weighted by Gasteiger charge is 2.16. The fourth-order valence-corrected chi connectivity index (χ4v) is 3.26. The lowest BCUT2D eigenvalue weighted by molar-refractivity contribution is -0.139. The summed E-state index contributed by atoms with van der Waals surface area (Å²) in [4.78, 5) is 24.8. The van der Waals surface area contributed by atoms with Gasteiger partial charge in [-0.05, 0) is 33.5 Å². The molecule has 9 heteroatoms. The minimum atomic E-state index is -0.282. The molecule has 0 radical (unpaired) electrons. The third kappa shape index (κ3) is 4.42. The number of hydrogen-bond acceptors (Lipinski definition) is 7. The van der Waals surface area contributed by atoms with Crippen molar-refractivity contribution in [1.29, 1.82) is 0 Å². The number of imidazole rings is 1. The van der Waals surface area contributed by atoms with E-state index in [9.17, 15) is 4.79 Å². The van der Waals surface area contributed by atoms with Crippen LogP contribution in [0.3, 0.4) is 0 Å². The van der Waals surface area contributed by atoms with Gasteiger partial charge in [-0.2, -0.15) is 0 Å². The third-order valence-corrected chi connectivity index (χ3v) is 4.69. The number of rotatable bonds is 7. The Morgan fingerprint density at radius 1 is 1.30 bits per heavy atom. The van der Waals surface area contributed by atoms with Crippen molar-refractivity contribution >= 4 is 38.9 Å². The smallest absolute Gasteiger partial charge is 0.309 e. The van der Waals surface area contributed by atoms with Gasteiger partial charge < -0.3 is 15.6 Å². The zero-order chi connectivity index (χ0) is 19.4. The molecule has 0 aliphatic rings. The molecule has 0 aliphatic carbocycles. The lowest BCUT2D eigenvalue weighted by atomic mass is 10.1. The van der Waals surface area contributed by atoms with E-state index in [-0.39, 0.29) is 19.0 Å². The van der Waals surface area contributed by atoms with Crippen molar-refractivity contribution in [2.45, 2.75) is 25.8 Å². The minimum Gasteiger partial charge on any atom is -0.469 e. The number of aliphatic hydroxyl groups is 1. The number of aromatic nitrogens is 4. The Morgan fingerprint density at radius 2 is 2.07 bits per heavy atom. The van der Waals surface area contributed by atoms with Crippen LogP contribution in [0.4, 0.5) is 5.82 Å². The standard InChI is InChI=1S/C18H20BrN5O3/c1-27-14(26)9-11-4-2-5-12(8-11)10-24-17-15(23-18(24)19)16(20)21-13(22-17)6-3-7-25/h2,4-5,8,25H,3,6-7,9-10H2,1H3,(H2,20,21,22). The molecule has 27 heavy (non-hydrogen) atoms. The number of nitrogen functional groups attached to an aromatic ring is 1. The molecular weight excluding hydrogens is 414 g/mol. The van der Waals surface area contributed by atoms with Crippen LogP contribution in [0.15, 0.2) is 29.0 Å². The second-order valence-corrected chi connectivity index (χ2v) is 6.77. The van der Waals surface area contributed by atoms with Gasteiger partial charge in [0.15, 0.2) is 21.7 Å². The average Bonchev–Trinajstić information content (AvgIpc) is 2.96. The van der Waals surface area contributed by atoms with Crippen LogP contribution in [-0.4, -0.2) is 44.3 Å². The molecule has 0 unspecified atom stereocenters. The van der Waals surface area contributed by atoms with E-state index in [4.69, 9.17) is 15.6 Å². The molecule has 0 saturated carbocycles. The van der Waals surface area contributed by atoms with Gasteiger partial charge in [0.05, 0.1) is 20.1 Å². The first-order valence-corrected chi connectivity index (χ1v) is 9.24. The number of carbonyl (C=O) groups is 1. The van der Waals surface area contributed by atoms with Crippen LogP contribution in [0.25, 0.3) is 11.2 Å². The van der Waals surface area contributed by atoms with E-state index in [1.165, 1.54) is 7.11 Å². The molecule has 0 spiro atoms. The molecule has 142 valence electrons. The topological polar surface area (TPSA) is 116 Å². The fourth-order valence-electron chi connectivity index (χ4n) is 2.79. The van der Waals surface area contributed by atoms with Gasteiger partial charge in [-0.1, -0.05) is 24.3 Å². The molecule has 0 bridgehead atoms. The molecule has 2 aromatic heterocycles. The Balaban J connectivity index is 1.94. The Hall–Kier alpha value is -2.52. The van der Waals surface area contributed by atoms with Crippen molar-refractivity contribution in [2.24, 2.45) is 0 Å². The van der Waals surface area contributed by atoms with E-state index in [2.05, 4.69) is 30.9 Å². The molecule has 2 heterocycles. The van der Waals surface area contributed by atoms with Crippen LogP contribution >= 0.6 is 15.9 Å². The third-order valence-electron chi connectivity index (χ3n) is 4.09. The number of aliphatic hydroxyl groups excluding tert-OH is 1. The number of benzene rings is 1. The number of methoxy groups -OCH3 is 1. The van der Waals surface area contributed by atoms with Crippen molar-refractivity contribution in [2.75, 3.05) is 19.5 Å². The number of carbonyl (C=O) groups excluding carboxylic acids is 1. The molecule has 0 fully saturated rings. The van der Waals surface area contributed by atoms with Crippen LogP contribution in [0.2, 0.25) is 0 Å². The molecule has 0 atom stereocenters. The lowest BCUT2D eigenvalue weighted by Crippen LogP contribution is -2.07. The van der Waals surface area contributed by atoms with Crippen LogP contribution in [-0.2, 0) is 28.9 Å². The largest absolute Gasteiger partial charge is 0.469 e. The summed E-state index contributed by atoms with van der Waals surface area (Å²) in [5.74, 6) is 0.601. The number of halogens is 1. The fraction of sp³-hybridized carbons (Fsp3) is 0.333. The molecule has 3 N–H and O–H groups in total. The molecule has 0 amide bonds. The summed E-state index contributed by atoms with van der Waals surface area (Å²) in [6, 6.07) is 7.70. The number of nitrogens with zero attached hydrogens (tertiary/aromatic N) is 4. The zero-order valence-corrected chi connectivity index (χ0v) is 16.4. The highest BCUT2D eigenvalue weighted by Crippen LogP contribution is 2.24. The van der Waals surface area contributed by atoms with Gasteiger partial charge >= 0.3 is 5.97 Å². The summed E-state index contributed by atoms with van der Waals surface area (Å²) in [7, 11) is 1.37. The van der Waals surface area contributed by atoms with Crippen molar-refractivity contribution in [3.8, 4) is 0 Å². The zero-order valence-electron chi connectivity index (χ0n) is 14.9. The van der Waals surface area contributed by atoms with Gasteiger partial charge in [-0.25, -0.2) is 15.0 Å². The van der Waals surface area contributed by atoms with E-state index in [1.54, 1.807) is 0 Å². The Labute approximate surface area is 164 Å². The normalized spacial score (nSPS) is 11.1. The summed E-state index contributed by atoms with van der Waals surface area (Å²) in [6.07, 6.45) is 1.32. The number of nitrogens with two attached hydrogens (primary N) is 1. The highest BCUT2D eigenvalue weighted by molar-refractivity contribution is 9.10. The Morgan fingerprint density at radius 3 is 2.81 bits per heavy atom. The van der Waals surface area contributed by atoms with Gasteiger partial charge in [0.25, 0.3) is 0 Å². The second kappa shape index (κ2) is 8.45. The van der Waals surface area contributed by atoms with Crippen LogP contribution in [0.5, 0.6) is 0 Å². The van der Waals surface area contributed by atoms with Crippen LogP contribution in [0.1, 0.15) is 23.4 Å². The monoisotopic (exact) mass is 433 g/mol. The van der Waals surface area contributed by atoms with E-state index in [0.717, 1.165) is 11.1 Å². The van der Waals surface area contributed by atoms with Crippen molar-refractivity contribution in [3.05, 3.63) is 46.0 Å². The number of esters is 1. The van der Waals surface area contributed by atoms with Gasteiger partial charge in [0, 0.05) is 13.0 Å². The first-order valence-electron chi connectivity index (χ1n) is 8.45. The first-order chi connectivity index (χ1) is 13.0. The average molecular weight is 434 g/mol. The quantitative estimate of drug-likeness (QED) is 0.431. The molecular formula is C18H20BrN5O3. The maximum atomic E-state index is 11.5. The van der Waals surface area contributed by atoms with Gasteiger partial charge in [-0.3, -0.25) is 9.36 Å². The van der Waals surface area contributed by atoms with Crippen molar-refractivity contribution in [3.63, 3.8) is 0 Å².